The lowest BCUT2D eigenvalue weighted by Gasteiger charge is -2.38. The molecular formula is C44H20N10+4. The van der Waals surface area contributed by atoms with Crippen LogP contribution in [0.5, 0.6) is 0 Å². The summed E-state index contributed by atoms with van der Waals surface area (Å²) in [4.78, 5) is 11.4. The molecule has 0 radical (unpaired) electrons. The van der Waals surface area contributed by atoms with Crippen LogP contribution in [0.3, 0.4) is 0 Å². The Kier molecular flexibility index (Phi) is 2.73. The number of nitrogens with zero attached hydrogens (tertiary/aromatic N) is 10. The molecule has 10 nitrogen and oxygen atoms in total. The average Bonchev–Trinajstić information content (AvgIpc) is 4.06. The molecule has 19 rings (SSSR count). The fourth-order valence-corrected chi connectivity index (χ4v) is 13.5. The van der Waals surface area contributed by atoms with E-state index in [2.05, 4.69) is 134 Å². The third-order valence-corrected chi connectivity index (χ3v) is 14.9. The van der Waals surface area contributed by atoms with Crippen molar-refractivity contribution >= 4 is 66.2 Å². The van der Waals surface area contributed by atoms with Crippen LogP contribution in [-0.4, -0.2) is 28.2 Å². The van der Waals surface area contributed by atoms with Gasteiger partial charge in [-0.1, -0.05) is 30.4 Å². The van der Waals surface area contributed by atoms with Crippen molar-refractivity contribution in [2.45, 2.75) is 24.7 Å². The maximum atomic E-state index is 5.72. The molecule has 8 aliphatic heterocycles. The molecular weight excluding hydrogens is 669 g/mol. The number of hydrogen-bond acceptors (Lipinski definition) is 2. The molecule has 11 aromatic rings. The van der Waals surface area contributed by atoms with Crippen molar-refractivity contribution in [2.75, 3.05) is 0 Å². The van der Waals surface area contributed by atoms with Crippen LogP contribution in [-0.2, 0) is 24.7 Å². The molecule has 2 atom stereocenters. The first-order valence-electron chi connectivity index (χ1n) is 19.0. The third-order valence-electron chi connectivity index (χ3n) is 14.9. The zero-order chi connectivity index (χ0) is 33.6. The summed E-state index contributed by atoms with van der Waals surface area (Å²) < 4.78 is 21.6. The van der Waals surface area contributed by atoms with Gasteiger partial charge in [-0.15, -0.1) is 0 Å². The van der Waals surface area contributed by atoms with Crippen molar-refractivity contribution in [3.8, 4) is 45.0 Å². The molecule has 4 aromatic carbocycles. The Morgan fingerprint density at radius 2 is 0.741 bits per heavy atom. The van der Waals surface area contributed by atoms with Gasteiger partial charge in [-0.2, -0.15) is 0 Å². The van der Waals surface area contributed by atoms with E-state index in [4.69, 9.17) is 9.97 Å². The molecule has 0 saturated carbocycles. The molecule has 0 aliphatic carbocycles. The predicted molar refractivity (Wildman–Crippen MR) is 195 cm³/mol. The van der Waals surface area contributed by atoms with E-state index in [1.807, 2.05) is 0 Å². The van der Waals surface area contributed by atoms with Crippen molar-refractivity contribution in [3.05, 3.63) is 120 Å². The molecule has 0 N–H and O–H groups in total. The highest BCUT2D eigenvalue weighted by atomic mass is 15.7. The largest absolute Gasteiger partial charge is 0.554 e. The molecule has 0 saturated heterocycles. The summed E-state index contributed by atoms with van der Waals surface area (Å²) in [7, 11) is 0. The van der Waals surface area contributed by atoms with E-state index < -0.39 is 11.8 Å². The second-order valence-electron chi connectivity index (χ2n) is 16.6. The van der Waals surface area contributed by atoms with E-state index in [1.165, 1.54) is 101 Å². The zero-order valence-electron chi connectivity index (χ0n) is 28.1. The molecule has 2 unspecified atom stereocenters. The average molecular weight is 689 g/mol. The zero-order valence-corrected chi connectivity index (χ0v) is 28.1. The molecule has 10 heteroatoms. The third kappa shape index (κ3) is 1.69. The number of aromatic nitrogens is 10. The van der Waals surface area contributed by atoms with Crippen molar-refractivity contribution in [3.63, 3.8) is 0 Å². The molecule has 0 bridgehead atoms. The summed E-state index contributed by atoms with van der Waals surface area (Å²) in [5.74, 6) is -1.49. The topological polar surface area (TPSA) is 61.0 Å². The lowest BCUT2D eigenvalue weighted by molar-refractivity contribution is -0.968. The maximum absolute atomic E-state index is 5.72. The molecule has 0 fully saturated rings. The minimum absolute atomic E-state index is 0.745. The monoisotopic (exact) mass is 688 g/mol. The Labute approximate surface area is 301 Å². The minimum atomic E-state index is -0.745. The molecule has 54 heavy (non-hydrogen) atoms. The van der Waals surface area contributed by atoms with E-state index in [0.717, 1.165) is 45.9 Å². The van der Waals surface area contributed by atoms with Gasteiger partial charge in [0.2, 0.25) is 0 Å². The van der Waals surface area contributed by atoms with Gasteiger partial charge in [-0.3, -0.25) is 0 Å². The second-order valence-corrected chi connectivity index (χ2v) is 16.6. The number of hydrogen-bond donors (Lipinski definition) is 0. The molecule has 8 aliphatic rings. The lowest BCUT2D eigenvalue weighted by atomic mass is 9.97. The Bertz CT molecular complexity index is 3780. The van der Waals surface area contributed by atoms with E-state index in [1.54, 1.807) is 0 Å². The summed E-state index contributed by atoms with van der Waals surface area (Å²) in [6.45, 7) is 0. The van der Waals surface area contributed by atoms with Crippen LogP contribution in [0.2, 0.25) is 0 Å². The van der Waals surface area contributed by atoms with Gasteiger partial charge >= 0.3 is 33.9 Å². The maximum Gasteiger partial charge on any atom is 0.554 e. The highest BCUT2D eigenvalue weighted by molar-refractivity contribution is 6.18. The van der Waals surface area contributed by atoms with Crippen molar-refractivity contribution < 1.29 is 18.3 Å². The number of para-hydroxylation sites is 2. The summed E-state index contributed by atoms with van der Waals surface area (Å²) in [5, 5.41) is 0. The van der Waals surface area contributed by atoms with Gasteiger partial charge < -0.3 is 0 Å². The Morgan fingerprint density at radius 1 is 0.370 bits per heavy atom. The highest BCUT2D eigenvalue weighted by Crippen LogP contribution is 2.55. The molecule has 2 spiro atoms. The first-order chi connectivity index (χ1) is 26.8. The lowest BCUT2D eigenvalue weighted by Crippen LogP contribution is -2.83. The molecule has 7 aromatic heterocycles. The van der Waals surface area contributed by atoms with Crippen LogP contribution in [0.1, 0.15) is 22.8 Å². The van der Waals surface area contributed by atoms with E-state index >= 15 is 0 Å². The van der Waals surface area contributed by atoms with Crippen molar-refractivity contribution in [1.82, 2.24) is 28.2 Å². The Balaban J connectivity index is 1.26. The van der Waals surface area contributed by atoms with E-state index in [9.17, 15) is 0 Å². The molecule has 15 heterocycles. The number of benzene rings is 4. The normalized spacial score (nSPS) is 21.3. The smallest absolute Gasteiger partial charge is 0.232 e. The quantitative estimate of drug-likeness (QED) is 0.134. The SMILES string of the molecule is c1cc2c3c(c1)nc1c4nc5cccc6c5[n+]5c4c4c7c1[n+]3C13n8c(ccc8-2)Cc2ccc(n21)-c1ccc2c(c1[n+]73)[n+]4C51n3c(ccc3-6)Cc3ccc-2n31. The predicted octanol–water partition coefficient (Wildman–Crippen LogP) is 4.53. The fourth-order valence-electron chi connectivity index (χ4n) is 13.5. The molecule has 242 valence electrons. The van der Waals surface area contributed by atoms with Gasteiger partial charge in [-0.05, 0) is 84.9 Å². The van der Waals surface area contributed by atoms with Crippen LogP contribution in [0.4, 0.5) is 0 Å². The van der Waals surface area contributed by atoms with Gasteiger partial charge in [0.1, 0.15) is 11.0 Å². The van der Waals surface area contributed by atoms with Gasteiger partial charge in [0, 0.05) is 35.6 Å². The van der Waals surface area contributed by atoms with E-state index in [-0.39, 0.29) is 0 Å². The van der Waals surface area contributed by atoms with Gasteiger partial charge in [0.15, 0.2) is 11.0 Å². The highest BCUT2D eigenvalue weighted by Gasteiger charge is 2.79. The van der Waals surface area contributed by atoms with Crippen molar-refractivity contribution in [2.24, 2.45) is 0 Å². The molecule has 0 amide bonds. The van der Waals surface area contributed by atoms with Crippen LogP contribution < -0.4 is 18.3 Å². The Morgan fingerprint density at radius 3 is 1.15 bits per heavy atom. The standard InChI is InChI=1S/C44H20N10/c1-3-23-29-13-7-19-17-21-9-15-31-25-11-12-26-32-16-10-22-18-20-8-14-30-24-4-2-6-28-36(24)52-40-34(46-28)33-39-41-42(40)54(44(52,48(20)30)50(22)32)38(26)37(25)53(41)43(47(19)29,49(21)31)51(39)35(23)27(5-1)45-33/h1-16H,17-18H2/q+4. The first-order valence-corrected chi connectivity index (χ1v) is 19.0. The fraction of sp³-hybridized carbons (Fsp3) is 0.0909. The van der Waals surface area contributed by atoms with Crippen LogP contribution in [0, 0.1) is 0 Å². The van der Waals surface area contributed by atoms with Gasteiger partial charge in [0.05, 0.1) is 45.0 Å². The summed E-state index contributed by atoms with van der Waals surface area (Å²) in [5.41, 5.74) is 29.0. The van der Waals surface area contributed by atoms with Crippen LogP contribution in [0.25, 0.3) is 111 Å². The summed E-state index contributed by atoms with van der Waals surface area (Å²) in [6, 6.07) is 37.2. The van der Waals surface area contributed by atoms with Gasteiger partial charge in [-0.25, -0.2) is 28.2 Å². The minimum Gasteiger partial charge on any atom is -0.232 e. The van der Waals surface area contributed by atoms with Crippen molar-refractivity contribution in [1.29, 1.82) is 0 Å². The second kappa shape index (κ2) is 6.30. The Hall–Kier alpha value is -7.20. The number of fused-ring (bicyclic) bond motifs is 5. The first kappa shape index (κ1) is 23.4. The van der Waals surface area contributed by atoms with Crippen LogP contribution in [0.15, 0.2) is 97.1 Å². The van der Waals surface area contributed by atoms with Crippen LogP contribution >= 0.6 is 0 Å². The summed E-state index contributed by atoms with van der Waals surface area (Å²) >= 11 is 0. The number of rotatable bonds is 0. The van der Waals surface area contributed by atoms with E-state index in [0.29, 0.717) is 0 Å². The summed E-state index contributed by atoms with van der Waals surface area (Å²) in [6.07, 6.45) is 1.75. The van der Waals surface area contributed by atoms with Gasteiger partial charge in [0.25, 0.3) is 22.1 Å².